The molecule has 0 aliphatic carbocycles. The van der Waals surface area contributed by atoms with E-state index in [0.29, 0.717) is 22.7 Å². The van der Waals surface area contributed by atoms with Gasteiger partial charge in [-0.15, -0.1) is 0 Å². The molecule has 0 bridgehead atoms. The molecule has 0 unspecified atom stereocenters. The molecule has 7 nitrogen and oxygen atoms in total. The normalized spacial score (nSPS) is 12.8. The van der Waals surface area contributed by atoms with Crippen molar-refractivity contribution in [2.75, 3.05) is 24.4 Å². The summed E-state index contributed by atoms with van der Waals surface area (Å²) >= 11 is 0. The van der Waals surface area contributed by atoms with Gasteiger partial charge in [-0.1, -0.05) is 18.2 Å². The molecule has 0 aromatic heterocycles. The average Bonchev–Trinajstić information content (AvgIpc) is 3.07. The van der Waals surface area contributed by atoms with Crippen LogP contribution in [0.3, 0.4) is 0 Å². The smallest absolute Gasteiger partial charge is 0.239 e. The summed E-state index contributed by atoms with van der Waals surface area (Å²) in [5.41, 5.74) is 0.771. The van der Waals surface area contributed by atoms with Crippen LogP contribution in [-0.4, -0.2) is 33.4 Å². The van der Waals surface area contributed by atoms with E-state index in [4.69, 9.17) is 9.47 Å². The van der Waals surface area contributed by atoms with E-state index in [1.807, 2.05) is 0 Å². The van der Waals surface area contributed by atoms with E-state index < -0.39 is 28.3 Å². The van der Waals surface area contributed by atoms with Crippen LogP contribution >= 0.6 is 0 Å². The molecular weight excluding hydrogens is 363 g/mol. The molecule has 3 rings (SSSR count). The lowest BCUT2D eigenvalue weighted by molar-refractivity contribution is -0.115. The molecule has 0 saturated carbocycles. The Labute approximate surface area is 150 Å². The summed E-state index contributed by atoms with van der Waals surface area (Å²) in [6, 6.07) is 10.8. The molecule has 2 aromatic carbocycles. The molecule has 2 aromatic rings. The van der Waals surface area contributed by atoms with Gasteiger partial charge in [-0.05, 0) is 30.2 Å². The first-order valence-electron chi connectivity index (χ1n) is 7.83. The number of hydrogen-bond donors (Lipinski definition) is 2. The Bertz CT molecular complexity index is 917. The van der Waals surface area contributed by atoms with Crippen molar-refractivity contribution >= 4 is 21.6 Å². The quantitative estimate of drug-likeness (QED) is 0.762. The second-order valence-corrected chi connectivity index (χ2v) is 7.52. The van der Waals surface area contributed by atoms with E-state index >= 15 is 0 Å². The molecule has 1 heterocycles. The summed E-state index contributed by atoms with van der Waals surface area (Å²) in [6.45, 7) is -0.303. The molecule has 2 N–H and O–H groups in total. The van der Waals surface area contributed by atoms with E-state index in [1.54, 1.807) is 24.3 Å². The molecule has 0 fully saturated rings. The number of ether oxygens (including phenoxy) is 2. The van der Waals surface area contributed by atoms with Crippen LogP contribution < -0.4 is 19.5 Å². The number of fused-ring (bicyclic) bond motifs is 1. The first kappa shape index (κ1) is 18.2. The van der Waals surface area contributed by atoms with Crippen LogP contribution in [0.5, 0.6) is 11.5 Å². The summed E-state index contributed by atoms with van der Waals surface area (Å²) in [6.07, 6.45) is 0.0196. The fraction of sp³-hybridized carbons (Fsp3) is 0.235. The summed E-state index contributed by atoms with van der Waals surface area (Å²) in [4.78, 5) is 11.9. The van der Waals surface area contributed by atoms with Crippen molar-refractivity contribution in [2.45, 2.75) is 6.42 Å². The van der Waals surface area contributed by atoms with Crippen molar-refractivity contribution in [3.8, 4) is 11.5 Å². The topological polar surface area (TPSA) is 93.7 Å². The molecule has 1 aliphatic rings. The first-order valence-corrected chi connectivity index (χ1v) is 9.48. The third kappa shape index (κ3) is 4.70. The number of carbonyl (C=O) groups is 1. The van der Waals surface area contributed by atoms with Gasteiger partial charge in [0.05, 0.1) is 12.3 Å². The lowest BCUT2D eigenvalue weighted by atomic mass is 10.2. The molecule has 9 heteroatoms. The highest BCUT2D eigenvalue weighted by Crippen LogP contribution is 2.34. The molecule has 0 radical (unpaired) electrons. The Morgan fingerprint density at radius 2 is 1.88 bits per heavy atom. The average molecular weight is 380 g/mol. The number of sulfonamides is 1. The van der Waals surface area contributed by atoms with E-state index in [-0.39, 0.29) is 19.0 Å². The molecule has 26 heavy (non-hydrogen) atoms. The number of rotatable bonds is 7. The molecule has 1 aliphatic heterocycles. The van der Waals surface area contributed by atoms with Crippen LogP contribution in [-0.2, 0) is 21.2 Å². The summed E-state index contributed by atoms with van der Waals surface area (Å²) < 4.78 is 50.0. The third-order valence-electron chi connectivity index (χ3n) is 3.71. The molecule has 138 valence electrons. The molecule has 0 spiro atoms. The van der Waals surface area contributed by atoms with Crippen LogP contribution in [0.2, 0.25) is 0 Å². The number of amides is 1. The van der Waals surface area contributed by atoms with Gasteiger partial charge in [0.1, 0.15) is 5.82 Å². The lowest BCUT2D eigenvalue weighted by Gasteiger charge is -2.09. The van der Waals surface area contributed by atoms with Gasteiger partial charge in [-0.3, -0.25) is 4.79 Å². The first-order chi connectivity index (χ1) is 12.4. The minimum absolute atomic E-state index is 0.0196. The van der Waals surface area contributed by atoms with Crippen LogP contribution in [0.15, 0.2) is 42.5 Å². The maximum atomic E-state index is 13.5. The molecule has 0 atom stereocenters. The van der Waals surface area contributed by atoms with Gasteiger partial charge >= 0.3 is 0 Å². The fourth-order valence-electron chi connectivity index (χ4n) is 2.37. The lowest BCUT2D eigenvalue weighted by Crippen LogP contribution is -2.34. The van der Waals surface area contributed by atoms with Gasteiger partial charge in [-0.25, -0.2) is 17.5 Å². The number of nitrogens with one attached hydrogen (secondary N) is 2. The monoisotopic (exact) mass is 380 g/mol. The number of benzene rings is 2. The number of halogens is 1. The van der Waals surface area contributed by atoms with E-state index in [0.717, 1.165) is 0 Å². The Morgan fingerprint density at radius 1 is 1.12 bits per heavy atom. The molecule has 0 saturated heterocycles. The van der Waals surface area contributed by atoms with Gasteiger partial charge < -0.3 is 14.8 Å². The van der Waals surface area contributed by atoms with Crippen molar-refractivity contribution in [3.63, 3.8) is 0 Å². The van der Waals surface area contributed by atoms with Gasteiger partial charge in [0, 0.05) is 11.8 Å². The Hall–Kier alpha value is -2.65. The second kappa shape index (κ2) is 7.71. The number of anilines is 1. The van der Waals surface area contributed by atoms with Crippen molar-refractivity contribution in [3.05, 3.63) is 53.8 Å². The van der Waals surface area contributed by atoms with Crippen LogP contribution in [0.4, 0.5) is 10.1 Å². The standard InChI is InChI=1S/C17H17FN2O5S/c18-14-4-2-1-3-12(14)7-8-26(22,23)19-10-17(21)20-13-5-6-15-16(9-13)25-11-24-15/h1-6,9,19H,7-8,10-11H2,(H,20,21). The van der Waals surface area contributed by atoms with Crippen molar-refractivity contribution in [1.29, 1.82) is 0 Å². The second-order valence-electron chi connectivity index (χ2n) is 5.60. The minimum Gasteiger partial charge on any atom is -0.454 e. The Balaban J connectivity index is 1.49. The zero-order valence-electron chi connectivity index (χ0n) is 13.7. The minimum atomic E-state index is -3.72. The van der Waals surface area contributed by atoms with Crippen molar-refractivity contribution in [1.82, 2.24) is 4.72 Å². The number of hydrogen-bond acceptors (Lipinski definition) is 5. The van der Waals surface area contributed by atoms with Gasteiger partial charge in [0.25, 0.3) is 0 Å². The zero-order chi connectivity index (χ0) is 18.6. The summed E-state index contributed by atoms with van der Waals surface area (Å²) in [7, 11) is -3.72. The highest BCUT2D eigenvalue weighted by atomic mass is 32.2. The number of carbonyl (C=O) groups excluding carboxylic acids is 1. The Morgan fingerprint density at radius 3 is 2.69 bits per heavy atom. The van der Waals surface area contributed by atoms with E-state index in [2.05, 4.69) is 10.0 Å². The molecular formula is C17H17FN2O5S. The van der Waals surface area contributed by atoms with Crippen molar-refractivity contribution in [2.24, 2.45) is 0 Å². The van der Waals surface area contributed by atoms with Gasteiger partial charge in [0.2, 0.25) is 22.7 Å². The van der Waals surface area contributed by atoms with Gasteiger partial charge in [-0.2, -0.15) is 0 Å². The predicted octanol–water partition coefficient (Wildman–Crippen LogP) is 1.65. The number of aryl methyl sites for hydroxylation is 1. The zero-order valence-corrected chi connectivity index (χ0v) is 14.5. The predicted molar refractivity (Wildman–Crippen MR) is 93.1 cm³/mol. The highest BCUT2D eigenvalue weighted by molar-refractivity contribution is 7.89. The third-order valence-corrected chi connectivity index (χ3v) is 5.03. The summed E-state index contributed by atoms with van der Waals surface area (Å²) in [5, 5.41) is 2.57. The summed E-state index contributed by atoms with van der Waals surface area (Å²) in [5.74, 6) is -0.211. The van der Waals surface area contributed by atoms with E-state index in [1.165, 1.54) is 18.2 Å². The van der Waals surface area contributed by atoms with Crippen LogP contribution in [0.1, 0.15) is 5.56 Å². The molecule has 1 amide bonds. The Kier molecular flexibility index (Phi) is 5.38. The van der Waals surface area contributed by atoms with Crippen LogP contribution in [0.25, 0.3) is 0 Å². The maximum Gasteiger partial charge on any atom is 0.239 e. The fourth-order valence-corrected chi connectivity index (χ4v) is 3.36. The highest BCUT2D eigenvalue weighted by Gasteiger charge is 2.16. The van der Waals surface area contributed by atoms with Crippen LogP contribution in [0, 0.1) is 5.82 Å². The van der Waals surface area contributed by atoms with Crippen molar-refractivity contribution < 1.29 is 27.1 Å². The van der Waals surface area contributed by atoms with E-state index in [9.17, 15) is 17.6 Å². The maximum absolute atomic E-state index is 13.5. The van der Waals surface area contributed by atoms with Gasteiger partial charge in [0.15, 0.2) is 11.5 Å². The largest absolute Gasteiger partial charge is 0.454 e. The SMILES string of the molecule is O=C(CNS(=O)(=O)CCc1ccccc1F)Nc1ccc2c(c1)OCO2.